The van der Waals surface area contributed by atoms with Gasteiger partial charge in [-0.25, -0.2) is 0 Å². The number of hydrogen-bond acceptors (Lipinski definition) is 3. The molecule has 0 aliphatic carbocycles. The number of carbonyl (C=O) groups excluding carboxylic acids is 2. The molecule has 0 saturated heterocycles. The lowest BCUT2D eigenvalue weighted by molar-refractivity contribution is -0.136. The summed E-state index contributed by atoms with van der Waals surface area (Å²) >= 11 is 0. The Balaban J connectivity index is 1.82. The maximum absolute atomic E-state index is 12.0. The van der Waals surface area contributed by atoms with Gasteiger partial charge in [0.25, 0.3) is 0 Å². The van der Waals surface area contributed by atoms with Gasteiger partial charge in [-0.15, -0.1) is 0 Å². The fourth-order valence-corrected chi connectivity index (χ4v) is 2.50. The Morgan fingerprint density at radius 3 is 2.35 bits per heavy atom. The summed E-state index contributed by atoms with van der Waals surface area (Å²) in [4.78, 5) is 24.0. The van der Waals surface area contributed by atoms with Crippen LogP contribution in [-0.2, 0) is 16.0 Å². The Labute approximate surface area is 154 Å². The van der Waals surface area contributed by atoms with E-state index in [1.165, 1.54) is 0 Å². The first-order valence-corrected chi connectivity index (χ1v) is 8.69. The predicted octanol–water partition coefficient (Wildman–Crippen LogP) is 2.74. The van der Waals surface area contributed by atoms with E-state index in [2.05, 4.69) is 10.6 Å². The lowest BCUT2D eigenvalue weighted by Crippen LogP contribution is -2.44. The molecule has 0 bridgehead atoms. The lowest BCUT2D eigenvalue weighted by Gasteiger charge is -2.23. The molecule has 0 aliphatic heterocycles. The van der Waals surface area contributed by atoms with Crippen molar-refractivity contribution in [3.63, 3.8) is 0 Å². The molecule has 2 amide bonds. The zero-order valence-corrected chi connectivity index (χ0v) is 15.5. The summed E-state index contributed by atoms with van der Waals surface area (Å²) in [5, 5.41) is 15.5. The molecular formula is C21H26N2O3. The van der Waals surface area contributed by atoms with Gasteiger partial charge in [-0.1, -0.05) is 36.4 Å². The third-order valence-electron chi connectivity index (χ3n) is 4.40. The van der Waals surface area contributed by atoms with Gasteiger partial charge in [-0.05, 0) is 62.4 Å². The predicted molar refractivity (Wildman–Crippen MR) is 103 cm³/mol. The van der Waals surface area contributed by atoms with E-state index in [-0.39, 0.29) is 6.54 Å². The first-order valence-electron chi connectivity index (χ1n) is 8.69. The third-order valence-corrected chi connectivity index (χ3v) is 4.40. The Hall–Kier alpha value is -2.66. The molecule has 0 heterocycles. The average Bonchev–Trinajstić information content (AvgIpc) is 2.62. The van der Waals surface area contributed by atoms with E-state index < -0.39 is 17.4 Å². The molecule has 26 heavy (non-hydrogen) atoms. The molecular weight excluding hydrogens is 328 g/mol. The number of rotatable bonds is 6. The van der Waals surface area contributed by atoms with Crippen molar-refractivity contribution in [2.45, 2.75) is 39.2 Å². The van der Waals surface area contributed by atoms with Crippen molar-refractivity contribution in [2.75, 3.05) is 11.9 Å². The number of anilines is 1. The molecule has 1 atom stereocenters. The second kappa shape index (κ2) is 8.63. The van der Waals surface area contributed by atoms with E-state index in [0.717, 1.165) is 16.7 Å². The van der Waals surface area contributed by atoms with Gasteiger partial charge in [0.15, 0.2) is 0 Å². The van der Waals surface area contributed by atoms with E-state index in [4.69, 9.17) is 0 Å². The molecule has 0 fully saturated rings. The van der Waals surface area contributed by atoms with Crippen LogP contribution in [0.4, 0.5) is 5.69 Å². The molecule has 0 spiro atoms. The zero-order chi connectivity index (χ0) is 19.2. The summed E-state index contributed by atoms with van der Waals surface area (Å²) in [6.45, 7) is 5.58. The molecule has 0 saturated carbocycles. The number of carbonyl (C=O) groups is 2. The van der Waals surface area contributed by atoms with Crippen molar-refractivity contribution in [3.05, 3.63) is 65.2 Å². The Kier molecular flexibility index (Phi) is 6.52. The van der Waals surface area contributed by atoms with Crippen LogP contribution in [0.25, 0.3) is 0 Å². The minimum Gasteiger partial charge on any atom is -0.388 e. The molecule has 2 aromatic rings. The molecule has 138 valence electrons. The van der Waals surface area contributed by atoms with Gasteiger partial charge in [-0.3, -0.25) is 9.59 Å². The van der Waals surface area contributed by atoms with Gasteiger partial charge in [-0.2, -0.15) is 0 Å². The minimum absolute atomic E-state index is 0.0129. The fraction of sp³-hybridized carbons (Fsp3) is 0.333. The maximum atomic E-state index is 12.0. The number of aliphatic hydroxyl groups is 1. The first-order chi connectivity index (χ1) is 12.3. The highest BCUT2D eigenvalue weighted by molar-refractivity contribution is 6.39. The Morgan fingerprint density at radius 1 is 1.00 bits per heavy atom. The van der Waals surface area contributed by atoms with Crippen LogP contribution >= 0.6 is 0 Å². The number of benzene rings is 2. The summed E-state index contributed by atoms with van der Waals surface area (Å²) in [6, 6.07) is 15.3. The van der Waals surface area contributed by atoms with Gasteiger partial charge >= 0.3 is 11.8 Å². The molecule has 2 aromatic carbocycles. The van der Waals surface area contributed by atoms with E-state index in [0.29, 0.717) is 18.5 Å². The van der Waals surface area contributed by atoms with Crippen LogP contribution in [0, 0.1) is 13.8 Å². The van der Waals surface area contributed by atoms with Gasteiger partial charge < -0.3 is 15.7 Å². The standard InChI is InChI=1S/C21H26N2O3/c1-15-9-10-18(13-16(15)2)23-20(25)19(24)22-14-21(3,26)12-11-17-7-5-4-6-8-17/h4-10,13,26H,11-12,14H2,1-3H3,(H,22,24)(H,23,25). The van der Waals surface area contributed by atoms with Crippen LogP contribution in [-0.4, -0.2) is 29.1 Å². The number of nitrogens with one attached hydrogen (secondary N) is 2. The van der Waals surface area contributed by atoms with Crippen LogP contribution in [0.5, 0.6) is 0 Å². The molecule has 5 heteroatoms. The summed E-state index contributed by atoms with van der Waals surface area (Å²) in [5.74, 6) is -1.50. The van der Waals surface area contributed by atoms with Crippen LogP contribution in [0.2, 0.25) is 0 Å². The van der Waals surface area contributed by atoms with E-state index in [1.54, 1.807) is 13.0 Å². The highest BCUT2D eigenvalue weighted by atomic mass is 16.3. The van der Waals surface area contributed by atoms with Gasteiger partial charge in [0, 0.05) is 12.2 Å². The van der Waals surface area contributed by atoms with Crippen molar-refractivity contribution < 1.29 is 14.7 Å². The Bertz CT molecular complexity index is 770. The molecule has 5 nitrogen and oxygen atoms in total. The fourth-order valence-electron chi connectivity index (χ4n) is 2.50. The van der Waals surface area contributed by atoms with E-state index in [1.807, 2.05) is 56.3 Å². The molecule has 0 radical (unpaired) electrons. The van der Waals surface area contributed by atoms with Crippen LogP contribution in [0.3, 0.4) is 0 Å². The topological polar surface area (TPSA) is 78.4 Å². The number of aryl methyl sites for hydroxylation is 3. The lowest BCUT2D eigenvalue weighted by atomic mass is 9.97. The monoisotopic (exact) mass is 354 g/mol. The van der Waals surface area contributed by atoms with Crippen molar-refractivity contribution in [1.82, 2.24) is 5.32 Å². The maximum Gasteiger partial charge on any atom is 0.313 e. The Morgan fingerprint density at radius 2 is 1.69 bits per heavy atom. The normalized spacial score (nSPS) is 12.9. The quantitative estimate of drug-likeness (QED) is 0.698. The van der Waals surface area contributed by atoms with E-state index in [9.17, 15) is 14.7 Å². The van der Waals surface area contributed by atoms with Crippen LogP contribution in [0.15, 0.2) is 48.5 Å². The summed E-state index contributed by atoms with van der Waals surface area (Å²) in [5.41, 5.74) is 2.75. The average molecular weight is 354 g/mol. The van der Waals surface area contributed by atoms with Gasteiger partial charge in [0.05, 0.1) is 5.60 Å². The summed E-state index contributed by atoms with van der Waals surface area (Å²) in [7, 11) is 0. The molecule has 3 N–H and O–H groups in total. The first kappa shape index (κ1) is 19.7. The number of amides is 2. The molecule has 0 aromatic heterocycles. The van der Waals surface area contributed by atoms with Crippen LogP contribution in [0.1, 0.15) is 30.0 Å². The van der Waals surface area contributed by atoms with Crippen molar-refractivity contribution in [3.8, 4) is 0 Å². The molecule has 2 rings (SSSR count). The highest BCUT2D eigenvalue weighted by Gasteiger charge is 2.23. The smallest absolute Gasteiger partial charge is 0.313 e. The summed E-state index contributed by atoms with van der Waals surface area (Å²) < 4.78 is 0. The number of hydrogen-bond donors (Lipinski definition) is 3. The van der Waals surface area contributed by atoms with Crippen molar-refractivity contribution >= 4 is 17.5 Å². The molecule has 1 unspecified atom stereocenters. The second-order valence-electron chi connectivity index (χ2n) is 6.92. The van der Waals surface area contributed by atoms with Crippen molar-refractivity contribution in [2.24, 2.45) is 0 Å². The third kappa shape index (κ3) is 6.01. The zero-order valence-electron chi connectivity index (χ0n) is 15.5. The molecule has 0 aliphatic rings. The van der Waals surface area contributed by atoms with E-state index >= 15 is 0 Å². The van der Waals surface area contributed by atoms with Gasteiger partial charge in [0.1, 0.15) is 0 Å². The summed E-state index contributed by atoms with van der Waals surface area (Å²) in [6.07, 6.45) is 1.18. The largest absolute Gasteiger partial charge is 0.388 e. The SMILES string of the molecule is Cc1ccc(NC(=O)C(=O)NCC(C)(O)CCc2ccccc2)cc1C. The van der Waals surface area contributed by atoms with Crippen molar-refractivity contribution in [1.29, 1.82) is 0 Å². The highest BCUT2D eigenvalue weighted by Crippen LogP contribution is 2.15. The second-order valence-corrected chi connectivity index (χ2v) is 6.92. The minimum atomic E-state index is -1.09. The van der Waals surface area contributed by atoms with Gasteiger partial charge in [0.2, 0.25) is 0 Å². The van der Waals surface area contributed by atoms with Crippen LogP contribution < -0.4 is 10.6 Å².